The third-order valence-corrected chi connectivity index (χ3v) is 5.88. The summed E-state index contributed by atoms with van der Waals surface area (Å²) in [4.78, 5) is 15.0. The van der Waals surface area contributed by atoms with Gasteiger partial charge in [0.1, 0.15) is 18.0 Å². The molecule has 2 aromatic heterocycles. The van der Waals surface area contributed by atoms with Crippen molar-refractivity contribution in [2.75, 3.05) is 31.6 Å². The zero-order valence-electron chi connectivity index (χ0n) is 18.4. The summed E-state index contributed by atoms with van der Waals surface area (Å²) in [6.07, 6.45) is 4.82. The molecule has 1 fully saturated rings. The molecule has 1 saturated heterocycles. The Labute approximate surface area is 193 Å². The highest BCUT2D eigenvalue weighted by atomic mass is 16.5. The molecule has 0 saturated carbocycles. The number of H-pyrrole nitrogens is 1. The zero-order chi connectivity index (χ0) is 22.5. The van der Waals surface area contributed by atoms with Crippen molar-refractivity contribution in [3.05, 3.63) is 66.4 Å². The van der Waals surface area contributed by atoms with Crippen LogP contribution in [0.1, 0.15) is 18.4 Å². The summed E-state index contributed by atoms with van der Waals surface area (Å²) < 4.78 is 5.90. The lowest BCUT2D eigenvalue weighted by molar-refractivity contribution is 0.238. The van der Waals surface area contributed by atoms with Gasteiger partial charge in [-0.3, -0.25) is 4.90 Å². The molecule has 1 aliphatic heterocycles. The minimum atomic E-state index is 0.368. The van der Waals surface area contributed by atoms with Gasteiger partial charge in [-0.05, 0) is 67.9 Å². The predicted molar refractivity (Wildman–Crippen MR) is 130 cm³/mol. The summed E-state index contributed by atoms with van der Waals surface area (Å²) in [5, 5.41) is 13.3. The summed E-state index contributed by atoms with van der Waals surface area (Å²) >= 11 is 0. The van der Waals surface area contributed by atoms with Gasteiger partial charge >= 0.3 is 0 Å². The molecule has 33 heavy (non-hydrogen) atoms. The fraction of sp³-hybridized carbons (Fsp3) is 0.269. The molecule has 0 radical (unpaired) electrons. The fourth-order valence-electron chi connectivity index (χ4n) is 4.20. The first kappa shape index (κ1) is 21.0. The minimum Gasteiger partial charge on any atom is -0.492 e. The standard InChI is InChI=1S/C26H26N6O/c27-12-10-19-4-3-5-20(18-19)24-23-11-13-28-25(23)31-26(30-24)29-21-6-8-22(9-7-21)33-17-16-32-14-1-2-15-32/h3-9,11,13,18H,1-2,10,14-17H2,(H2,28,29,30,31). The second-order valence-corrected chi connectivity index (χ2v) is 8.22. The molecule has 0 aliphatic carbocycles. The number of aromatic amines is 1. The van der Waals surface area contributed by atoms with Gasteiger partial charge in [-0.15, -0.1) is 0 Å². The third-order valence-electron chi connectivity index (χ3n) is 5.88. The number of benzene rings is 2. The van der Waals surface area contributed by atoms with E-state index in [9.17, 15) is 0 Å². The summed E-state index contributed by atoms with van der Waals surface area (Å²) in [6, 6.07) is 20.0. The van der Waals surface area contributed by atoms with Gasteiger partial charge in [0, 0.05) is 29.4 Å². The van der Waals surface area contributed by atoms with Crippen LogP contribution in [0.25, 0.3) is 22.3 Å². The predicted octanol–water partition coefficient (Wildman–Crippen LogP) is 4.91. The number of nitrogens with one attached hydrogen (secondary N) is 2. The number of nitriles is 1. The smallest absolute Gasteiger partial charge is 0.229 e. The SMILES string of the molecule is N#CCc1cccc(-c2nc(Nc3ccc(OCCN4CCCC4)cc3)nc3[nH]ccc23)c1. The number of aromatic nitrogens is 3. The number of anilines is 2. The average Bonchev–Trinajstić information content (AvgIpc) is 3.52. The lowest BCUT2D eigenvalue weighted by Crippen LogP contribution is -2.25. The third kappa shape index (κ3) is 4.97. The number of fused-ring (bicyclic) bond motifs is 1. The molecule has 7 nitrogen and oxygen atoms in total. The van der Waals surface area contributed by atoms with Crippen LogP contribution >= 0.6 is 0 Å². The van der Waals surface area contributed by atoms with E-state index in [4.69, 9.17) is 15.0 Å². The van der Waals surface area contributed by atoms with Crippen LogP contribution in [0, 0.1) is 11.3 Å². The van der Waals surface area contributed by atoms with Gasteiger partial charge in [0.05, 0.1) is 18.2 Å². The van der Waals surface area contributed by atoms with Crippen LogP contribution in [0.5, 0.6) is 5.75 Å². The van der Waals surface area contributed by atoms with E-state index in [-0.39, 0.29) is 0 Å². The maximum absolute atomic E-state index is 9.04. The Morgan fingerprint density at radius 2 is 1.91 bits per heavy atom. The highest BCUT2D eigenvalue weighted by Gasteiger charge is 2.13. The van der Waals surface area contributed by atoms with Crippen LogP contribution in [-0.2, 0) is 6.42 Å². The normalized spacial score (nSPS) is 13.8. The Balaban J connectivity index is 1.32. The van der Waals surface area contributed by atoms with Crippen LogP contribution in [0.2, 0.25) is 0 Å². The van der Waals surface area contributed by atoms with Gasteiger partial charge in [-0.1, -0.05) is 18.2 Å². The fourth-order valence-corrected chi connectivity index (χ4v) is 4.20. The summed E-state index contributed by atoms with van der Waals surface area (Å²) in [6.45, 7) is 4.04. The maximum Gasteiger partial charge on any atom is 0.229 e. The van der Waals surface area contributed by atoms with Crippen LogP contribution < -0.4 is 10.1 Å². The Kier molecular flexibility index (Phi) is 6.18. The molecule has 5 rings (SSSR count). The van der Waals surface area contributed by atoms with E-state index in [2.05, 4.69) is 26.3 Å². The quantitative estimate of drug-likeness (QED) is 0.406. The van der Waals surface area contributed by atoms with Crippen molar-refractivity contribution in [2.45, 2.75) is 19.3 Å². The van der Waals surface area contributed by atoms with E-state index in [1.165, 1.54) is 25.9 Å². The molecule has 0 bridgehead atoms. The van der Waals surface area contributed by atoms with Crippen LogP contribution in [0.15, 0.2) is 60.8 Å². The summed E-state index contributed by atoms with van der Waals surface area (Å²) in [7, 11) is 0. The molecule has 0 atom stereocenters. The Bertz CT molecular complexity index is 1270. The average molecular weight is 439 g/mol. The first-order valence-corrected chi connectivity index (χ1v) is 11.3. The number of rotatable bonds is 8. The molecular weight excluding hydrogens is 412 g/mol. The number of likely N-dealkylation sites (tertiary alicyclic amines) is 1. The van der Waals surface area contributed by atoms with Gasteiger partial charge < -0.3 is 15.0 Å². The van der Waals surface area contributed by atoms with E-state index in [1.54, 1.807) is 0 Å². The molecular formula is C26H26N6O. The Hall–Kier alpha value is -3.89. The number of ether oxygens (including phenoxy) is 1. The van der Waals surface area contributed by atoms with Gasteiger partial charge in [0.2, 0.25) is 5.95 Å². The first-order valence-electron chi connectivity index (χ1n) is 11.3. The van der Waals surface area contributed by atoms with Crippen molar-refractivity contribution in [3.8, 4) is 23.1 Å². The largest absolute Gasteiger partial charge is 0.492 e. The highest BCUT2D eigenvalue weighted by Crippen LogP contribution is 2.29. The molecule has 1 aliphatic rings. The molecule has 4 aromatic rings. The molecule has 166 valence electrons. The van der Waals surface area contributed by atoms with Crippen LogP contribution in [0.4, 0.5) is 11.6 Å². The van der Waals surface area contributed by atoms with E-state index in [0.29, 0.717) is 19.0 Å². The first-order chi connectivity index (χ1) is 16.3. The molecule has 0 spiro atoms. The monoisotopic (exact) mass is 438 g/mol. The molecule has 2 N–H and O–H groups in total. The van der Waals surface area contributed by atoms with Crippen LogP contribution in [0.3, 0.4) is 0 Å². The molecule has 2 aromatic carbocycles. The molecule has 3 heterocycles. The van der Waals surface area contributed by atoms with Crippen molar-refractivity contribution in [1.29, 1.82) is 5.26 Å². The number of nitrogens with zero attached hydrogens (tertiary/aromatic N) is 4. The second-order valence-electron chi connectivity index (χ2n) is 8.22. The molecule has 0 unspecified atom stereocenters. The molecule has 7 heteroatoms. The van der Waals surface area contributed by atoms with Crippen molar-refractivity contribution in [2.24, 2.45) is 0 Å². The Morgan fingerprint density at radius 1 is 1.06 bits per heavy atom. The maximum atomic E-state index is 9.04. The van der Waals surface area contributed by atoms with Crippen molar-refractivity contribution in [1.82, 2.24) is 19.9 Å². The number of hydrogen-bond acceptors (Lipinski definition) is 6. The van der Waals surface area contributed by atoms with Crippen LogP contribution in [-0.4, -0.2) is 46.1 Å². The summed E-state index contributed by atoms with van der Waals surface area (Å²) in [5.41, 5.74) is 4.39. The molecule has 0 amide bonds. The number of hydrogen-bond donors (Lipinski definition) is 2. The Morgan fingerprint density at radius 3 is 2.73 bits per heavy atom. The van der Waals surface area contributed by atoms with E-state index in [0.717, 1.165) is 45.8 Å². The van der Waals surface area contributed by atoms with Crippen molar-refractivity contribution in [3.63, 3.8) is 0 Å². The van der Waals surface area contributed by atoms with Gasteiger partial charge in [-0.25, -0.2) is 4.98 Å². The minimum absolute atomic E-state index is 0.368. The highest BCUT2D eigenvalue weighted by molar-refractivity contribution is 5.91. The second kappa shape index (κ2) is 9.72. The van der Waals surface area contributed by atoms with E-state index in [1.807, 2.05) is 60.8 Å². The van der Waals surface area contributed by atoms with Gasteiger partial charge in [0.25, 0.3) is 0 Å². The van der Waals surface area contributed by atoms with Crippen molar-refractivity contribution < 1.29 is 4.74 Å². The lowest BCUT2D eigenvalue weighted by Gasteiger charge is -2.15. The lowest BCUT2D eigenvalue weighted by atomic mass is 10.0. The van der Waals surface area contributed by atoms with Gasteiger partial charge in [-0.2, -0.15) is 10.2 Å². The summed E-state index contributed by atoms with van der Waals surface area (Å²) in [5.74, 6) is 1.36. The van der Waals surface area contributed by atoms with E-state index < -0.39 is 0 Å². The zero-order valence-corrected chi connectivity index (χ0v) is 18.4. The van der Waals surface area contributed by atoms with Crippen molar-refractivity contribution >= 4 is 22.7 Å². The topological polar surface area (TPSA) is 89.9 Å². The van der Waals surface area contributed by atoms with E-state index >= 15 is 0 Å². The van der Waals surface area contributed by atoms with Gasteiger partial charge in [0.15, 0.2) is 0 Å².